The zero-order valence-corrected chi connectivity index (χ0v) is 10.3. The number of nitrogens with two attached hydrogens (primary N) is 1. The van der Waals surface area contributed by atoms with E-state index in [-0.39, 0.29) is 0 Å². The van der Waals surface area contributed by atoms with Crippen LogP contribution in [-0.2, 0) is 0 Å². The Labute approximate surface area is 99.0 Å². The highest BCUT2D eigenvalue weighted by atomic mass is 15.3. The molecule has 0 aromatic rings. The van der Waals surface area contributed by atoms with Crippen LogP contribution in [0.15, 0.2) is 0 Å². The maximum Gasteiger partial charge on any atom is 0.0334 e. The second-order valence-electron chi connectivity index (χ2n) is 5.89. The van der Waals surface area contributed by atoms with E-state index in [9.17, 15) is 0 Å². The van der Waals surface area contributed by atoms with Crippen LogP contribution in [0.4, 0.5) is 0 Å². The molecule has 16 heavy (non-hydrogen) atoms. The minimum Gasteiger partial charge on any atom is -0.329 e. The van der Waals surface area contributed by atoms with Crippen LogP contribution in [-0.4, -0.2) is 54.1 Å². The summed E-state index contributed by atoms with van der Waals surface area (Å²) in [6.45, 7) is 5.96. The van der Waals surface area contributed by atoms with Crippen LogP contribution in [0.1, 0.15) is 38.5 Å². The fraction of sp³-hybridized carbons (Fsp3) is 1.00. The number of nitrogens with zero attached hydrogens (tertiary/aromatic N) is 2. The molecular weight excluding hydrogens is 198 g/mol. The molecule has 0 aromatic carbocycles. The normalized spacial score (nSPS) is 32.1. The minimum atomic E-state index is 0.432. The fourth-order valence-electron chi connectivity index (χ4n) is 3.62. The molecule has 0 spiro atoms. The first kappa shape index (κ1) is 11.0. The predicted octanol–water partition coefficient (Wildman–Crippen LogP) is 1.04. The van der Waals surface area contributed by atoms with Gasteiger partial charge in [-0.1, -0.05) is 12.8 Å². The molecule has 92 valence electrons. The molecule has 1 aliphatic heterocycles. The highest BCUT2D eigenvalue weighted by molar-refractivity contribution is 5.05. The molecule has 0 aromatic heterocycles. The highest BCUT2D eigenvalue weighted by Gasteiger charge is 2.47. The highest BCUT2D eigenvalue weighted by Crippen LogP contribution is 2.41. The molecule has 0 radical (unpaired) electrons. The zero-order chi connectivity index (χ0) is 11.0. The van der Waals surface area contributed by atoms with Gasteiger partial charge in [0.25, 0.3) is 0 Å². The number of piperazine rings is 1. The first-order valence-electron chi connectivity index (χ1n) is 7.03. The van der Waals surface area contributed by atoms with Crippen molar-refractivity contribution in [1.82, 2.24) is 9.80 Å². The number of hydrogen-bond acceptors (Lipinski definition) is 3. The maximum absolute atomic E-state index is 5.90. The lowest BCUT2D eigenvalue weighted by atomic mass is 10.1. The Hall–Kier alpha value is -0.120. The van der Waals surface area contributed by atoms with Crippen LogP contribution in [0.2, 0.25) is 0 Å². The molecule has 0 atom stereocenters. The summed E-state index contributed by atoms with van der Waals surface area (Å²) in [5, 5.41) is 0. The molecule has 3 rings (SSSR count). The minimum absolute atomic E-state index is 0.432. The van der Waals surface area contributed by atoms with Gasteiger partial charge in [-0.3, -0.25) is 9.80 Å². The molecule has 1 heterocycles. The Bertz CT molecular complexity index is 236. The standard InChI is InChI=1S/C13H25N3/c14-11-13(5-6-13)16-9-7-15(8-10-16)12-3-1-2-4-12/h12H,1-11,14H2. The predicted molar refractivity (Wildman–Crippen MR) is 66.4 cm³/mol. The topological polar surface area (TPSA) is 32.5 Å². The largest absolute Gasteiger partial charge is 0.329 e. The van der Waals surface area contributed by atoms with Gasteiger partial charge in [-0.2, -0.15) is 0 Å². The van der Waals surface area contributed by atoms with E-state index < -0.39 is 0 Å². The van der Waals surface area contributed by atoms with Crippen LogP contribution in [0.25, 0.3) is 0 Å². The second-order valence-corrected chi connectivity index (χ2v) is 5.89. The van der Waals surface area contributed by atoms with E-state index in [2.05, 4.69) is 9.80 Å². The Morgan fingerprint density at radius 2 is 1.62 bits per heavy atom. The third-order valence-corrected chi connectivity index (χ3v) is 5.03. The van der Waals surface area contributed by atoms with Crippen molar-refractivity contribution < 1.29 is 0 Å². The van der Waals surface area contributed by atoms with Crippen LogP contribution in [0.3, 0.4) is 0 Å². The van der Waals surface area contributed by atoms with E-state index in [1.165, 1.54) is 64.7 Å². The van der Waals surface area contributed by atoms with Crippen molar-refractivity contribution in [2.75, 3.05) is 32.7 Å². The lowest BCUT2D eigenvalue weighted by Gasteiger charge is -2.41. The van der Waals surface area contributed by atoms with Crippen molar-refractivity contribution in [2.45, 2.75) is 50.1 Å². The van der Waals surface area contributed by atoms with Gasteiger partial charge < -0.3 is 5.73 Å². The third kappa shape index (κ3) is 1.89. The molecule has 2 saturated carbocycles. The van der Waals surface area contributed by atoms with Crippen molar-refractivity contribution in [3.63, 3.8) is 0 Å². The maximum atomic E-state index is 5.90. The molecule has 3 nitrogen and oxygen atoms in total. The van der Waals surface area contributed by atoms with E-state index in [1.54, 1.807) is 0 Å². The van der Waals surface area contributed by atoms with E-state index in [4.69, 9.17) is 5.73 Å². The lowest BCUT2D eigenvalue weighted by molar-refractivity contribution is 0.0639. The first-order chi connectivity index (χ1) is 7.84. The Morgan fingerprint density at radius 3 is 2.12 bits per heavy atom. The molecule has 2 aliphatic carbocycles. The number of hydrogen-bond donors (Lipinski definition) is 1. The molecule has 0 amide bonds. The quantitative estimate of drug-likeness (QED) is 0.776. The molecule has 1 saturated heterocycles. The summed E-state index contributed by atoms with van der Waals surface area (Å²) in [6, 6.07) is 0.912. The van der Waals surface area contributed by atoms with Crippen molar-refractivity contribution in [3.05, 3.63) is 0 Å². The van der Waals surface area contributed by atoms with E-state index in [0.29, 0.717) is 5.54 Å². The van der Waals surface area contributed by atoms with Crippen LogP contribution in [0.5, 0.6) is 0 Å². The lowest BCUT2D eigenvalue weighted by Crippen LogP contribution is -2.55. The molecular formula is C13H25N3. The molecule has 2 N–H and O–H groups in total. The Balaban J connectivity index is 1.52. The summed E-state index contributed by atoms with van der Waals surface area (Å²) >= 11 is 0. The van der Waals surface area contributed by atoms with Crippen molar-refractivity contribution in [2.24, 2.45) is 5.73 Å². The molecule has 3 heteroatoms. The summed E-state index contributed by atoms with van der Waals surface area (Å²) in [6.07, 6.45) is 8.49. The van der Waals surface area contributed by atoms with Gasteiger partial charge in [-0.15, -0.1) is 0 Å². The first-order valence-corrected chi connectivity index (χ1v) is 7.03. The Kier molecular flexibility index (Phi) is 2.94. The monoisotopic (exact) mass is 223 g/mol. The van der Waals surface area contributed by atoms with Gasteiger partial charge in [-0.25, -0.2) is 0 Å². The Morgan fingerprint density at radius 1 is 1.00 bits per heavy atom. The summed E-state index contributed by atoms with van der Waals surface area (Å²) in [7, 11) is 0. The van der Waals surface area contributed by atoms with Crippen molar-refractivity contribution in [1.29, 1.82) is 0 Å². The number of rotatable bonds is 3. The average Bonchev–Trinajstić information content (AvgIpc) is 2.96. The van der Waals surface area contributed by atoms with Gasteiger partial charge >= 0.3 is 0 Å². The van der Waals surface area contributed by atoms with Gasteiger partial charge in [0.15, 0.2) is 0 Å². The summed E-state index contributed by atoms with van der Waals surface area (Å²) in [5.41, 5.74) is 6.33. The zero-order valence-electron chi connectivity index (χ0n) is 10.3. The molecule has 3 fully saturated rings. The summed E-state index contributed by atoms with van der Waals surface area (Å²) in [4.78, 5) is 5.40. The van der Waals surface area contributed by atoms with Gasteiger partial charge in [0, 0.05) is 44.3 Å². The van der Waals surface area contributed by atoms with Crippen LogP contribution >= 0.6 is 0 Å². The summed E-state index contributed by atoms with van der Waals surface area (Å²) < 4.78 is 0. The second kappa shape index (κ2) is 4.28. The van der Waals surface area contributed by atoms with Gasteiger partial charge in [0.2, 0.25) is 0 Å². The van der Waals surface area contributed by atoms with E-state index in [0.717, 1.165) is 12.6 Å². The van der Waals surface area contributed by atoms with Gasteiger partial charge in [0.1, 0.15) is 0 Å². The van der Waals surface area contributed by atoms with E-state index >= 15 is 0 Å². The van der Waals surface area contributed by atoms with Crippen molar-refractivity contribution >= 4 is 0 Å². The molecule has 0 unspecified atom stereocenters. The fourth-order valence-corrected chi connectivity index (χ4v) is 3.62. The van der Waals surface area contributed by atoms with Crippen molar-refractivity contribution in [3.8, 4) is 0 Å². The molecule has 3 aliphatic rings. The smallest absolute Gasteiger partial charge is 0.0334 e. The summed E-state index contributed by atoms with van der Waals surface area (Å²) in [5.74, 6) is 0. The van der Waals surface area contributed by atoms with Gasteiger partial charge in [-0.05, 0) is 25.7 Å². The van der Waals surface area contributed by atoms with Crippen LogP contribution < -0.4 is 5.73 Å². The average molecular weight is 223 g/mol. The van der Waals surface area contributed by atoms with Crippen LogP contribution in [0, 0.1) is 0 Å². The van der Waals surface area contributed by atoms with Gasteiger partial charge in [0.05, 0.1) is 0 Å². The van der Waals surface area contributed by atoms with E-state index in [1.807, 2.05) is 0 Å². The third-order valence-electron chi connectivity index (χ3n) is 5.03. The molecule has 0 bridgehead atoms. The SMILES string of the molecule is NCC1(N2CCN(C3CCCC3)CC2)CC1.